The third kappa shape index (κ3) is 5.73. The fourth-order valence-corrected chi connectivity index (χ4v) is 3.78. The quantitative estimate of drug-likeness (QED) is 0.456. The van der Waals surface area contributed by atoms with Gasteiger partial charge in [-0.2, -0.15) is 0 Å². The van der Waals surface area contributed by atoms with Crippen LogP contribution in [0.15, 0.2) is 47.4 Å². The van der Waals surface area contributed by atoms with Crippen molar-refractivity contribution in [1.29, 1.82) is 0 Å². The van der Waals surface area contributed by atoms with E-state index in [0.29, 0.717) is 11.5 Å². The van der Waals surface area contributed by atoms with Crippen LogP contribution in [-0.4, -0.2) is 51.4 Å². The first-order valence-electron chi connectivity index (χ1n) is 10.0. The molecule has 170 valence electrons. The summed E-state index contributed by atoms with van der Waals surface area (Å²) in [5, 5.41) is 2.70. The molecule has 1 atom stereocenters. The lowest BCUT2D eigenvalue weighted by molar-refractivity contribution is -0.152. The highest BCUT2D eigenvalue weighted by molar-refractivity contribution is 7.98. The van der Waals surface area contributed by atoms with Gasteiger partial charge in [0.1, 0.15) is 0 Å². The maximum absolute atomic E-state index is 12.4. The van der Waals surface area contributed by atoms with Crippen molar-refractivity contribution in [2.45, 2.75) is 17.9 Å². The predicted octanol–water partition coefficient (Wildman–Crippen LogP) is 2.64. The maximum atomic E-state index is 12.4. The molecule has 1 fully saturated rings. The van der Waals surface area contributed by atoms with Crippen molar-refractivity contribution in [2.75, 3.05) is 38.5 Å². The van der Waals surface area contributed by atoms with Gasteiger partial charge in [0.2, 0.25) is 5.91 Å². The molecule has 1 aliphatic heterocycles. The van der Waals surface area contributed by atoms with Crippen LogP contribution in [0.5, 0.6) is 11.5 Å². The number of carbonyl (C=O) groups excluding carboxylic acids is 3. The Morgan fingerprint density at radius 1 is 1.09 bits per heavy atom. The molecule has 32 heavy (non-hydrogen) atoms. The van der Waals surface area contributed by atoms with Crippen LogP contribution in [0, 0.1) is 5.92 Å². The van der Waals surface area contributed by atoms with E-state index < -0.39 is 24.4 Å². The fourth-order valence-electron chi connectivity index (χ4n) is 3.37. The molecule has 1 aliphatic rings. The van der Waals surface area contributed by atoms with Crippen molar-refractivity contribution in [3.8, 4) is 11.5 Å². The summed E-state index contributed by atoms with van der Waals surface area (Å²) in [7, 11) is 3.08. The lowest BCUT2D eigenvalue weighted by Crippen LogP contribution is -2.31. The van der Waals surface area contributed by atoms with Gasteiger partial charge >= 0.3 is 5.97 Å². The molecule has 1 saturated heterocycles. The molecule has 0 bridgehead atoms. The van der Waals surface area contributed by atoms with E-state index in [-0.39, 0.29) is 25.4 Å². The Kier molecular flexibility index (Phi) is 7.99. The van der Waals surface area contributed by atoms with E-state index >= 15 is 0 Å². The summed E-state index contributed by atoms with van der Waals surface area (Å²) >= 11 is 1.61. The number of methoxy groups -OCH3 is 2. The number of nitrogens with one attached hydrogen (secondary N) is 1. The molecule has 1 N–H and O–H groups in total. The van der Waals surface area contributed by atoms with E-state index in [2.05, 4.69) is 5.32 Å². The molecule has 8 nitrogen and oxygen atoms in total. The van der Waals surface area contributed by atoms with Gasteiger partial charge in [-0.05, 0) is 48.2 Å². The van der Waals surface area contributed by atoms with E-state index in [4.69, 9.17) is 14.2 Å². The number of benzene rings is 2. The summed E-state index contributed by atoms with van der Waals surface area (Å²) in [5.74, 6) is -0.561. The predicted molar refractivity (Wildman–Crippen MR) is 121 cm³/mol. The molecule has 3 rings (SSSR count). The average Bonchev–Trinajstić information content (AvgIpc) is 3.22. The van der Waals surface area contributed by atoms with Crippen molar-refractivity contribution in [3.63, 3.8) is 0 Å². The Morgan fingerprint density at radius 3 is 2.47 bits per heavy atom. The van der Waals surface area contributed by atoms with E-state index in [1.165, 1.54) is 7.11 Å². The van der Waals surface area contributed by atoms with E-state index in [1.807, 2.05) is 30.5 Å². The van der Waals surface area contributed by atoms with Gasteiger partial charge in [0.25, 0.3) is 5.91 Å². The molecular weight excluding hydrogens is 432 g/mol. The zero-order valence-electron chi connectivity index (χ0n) is 18.3. The van der Waals surface area contributed by atoms with Crippen LogP contribution in [-0.2, 0) is 25.7 Å². The number of esters is 1. The van der Waals surface area contributed by atoms with Gasteiger partial charge in [-0.3, -0.25) is 14.4 Å². The standard InChI is InChI=1S/C23H26N2O6S/c1-29-19-9-4-15(10-20(19)30-2)12-24-21(26)14-31-23(28)16-11-22(27)25(13-16)17-5-7-18(32-3)8-6-17/h4-10,16H,11-14H2,1-3H3,(H,24,26). The number of hydrogen-bond acceptors (Lipinski definition) is 7. The molecule has 1 heterocycles. The first-order chi connectivity index (χ1) is 15.4. The molecule has 0 saturated carbocycles. The molecule has 0 aromatic heterocycles. The lowest BCUT2D eigenvalue weighted by atomic mass is 10.1. The number of nitrogens with zero attached hydrogens (tertiary/aromatic N) is 1. The molecule has 2 aromatic rings. The minimum absolute atomic E-state index is 0.0658. The minimum atomic E-state index is -0.596. The Hall–Kier alpha value is -3.20. The summed E-state index contributed by atoms with van der Waals surface area (Å²) < 4.78 is 15.6. The highest BCUT2D eigenvalue weighted by atomic mass is 32.2. The van der Waals surface area contributed by atoms with Gasteiger partial charge in [-0.15, -0.1) is 11.8 Å². The fraction of sp³-hybridized carbons (Fsp3) is 0.348. The zero-order chi connectivity index (χ0) is 23.1. The van der Waals surface area contributed by atoms with Gasteiger partial charge in [-0.1, -0.05) is 6.07 Å². The molecule has 1 unspecified atom stereocenters. The van der Waals surface area contributed by atoms with Crippen LogP contribution in [0.2, 0.25) is 0 Å². The van der Waals surface area contributed by atoms with Crippen LogP contribution in [0.4, 0.5) is 5.69 Å². The second-order valence-electron chi connectivity index (χ2n) is 7.18. The second kappa shape index (κ2) is 10.9. The number of ether oxygens (including phenoxy) is 3. The Labute approximate surface area is 191 Å². The van der Waals surface area contributed by atoms with Crippen molar-refractivity contribution >= 4 is 35.2 Å². The number of anilines is 1. The normalized spacial score (nSPS) is 15.4. The minimum Gasteiger partial charge on any atom is -0.493 e. The maximum Gasteiger partial charge on any atom is 0.311 e. The third-order valence-corrected chi connectivity index (χ3v) is 5.87. The topological polar surface area (TPSA) is 94.2 Å². The first kappa shape index (κ1) is 23.5. The highest BCUT2D eigenvalue weighted by Gasteiger charge is 2.36. The molecule has 0 aliphatic carbocycles. The molecular formula is C23H26N2O6S. The molecule has 0 spiro atoms. The monoisotopic (exact) mass is 458 g/mol. The van der Waals surface area contributed by atoms with Crippen LogP contribution in [0.1, 0.15) is 12.0 Å². The second-order valence-corrected chi connectivity index (χ2v) is 8.06. The number of carbonyl (C=O) groups is 3. The summed E-state index contributed by atoms with van der Waals surface area (Å²) in [6.07, 6.45) is 2.04. The Balaban J connectivity index is 1.47. The summed E-state index contributed by atoms with van der Waals surface area (Å²) in [6.45, 7) is 0.0846. The number of rotatable bonds is 9. The van der Waals surface area contributed by atoms with Gasteiger partial charge in [0.05, 0.1) is 20.1 Å². The van der Waals surface area contributed by atoms with Crippen LogP contribution in [0.25, 0.3) is 0 Å². The van der Waals surface area contributed by atoms with Gasteiger partial charge < -0.3 is 24.4 Å². The third-order valence-electron chi connectivity index (χ3n) is 5.13. The first-order valence-corrected chi connectivity index (χ1v) is 11.3. The van der Waals surface area contributed by atoms with Crippen LogP contribution in [0.3, 0.4) is 0 Å². The SMILES string of the molecule is COc1ccc(CNC(=O)COC(=O)C2CC(=O)N(c3ccc(SC)cc3)C2)cc1OC. The summed E-state index contributed by atoms with van der Waals surface area (Å²) in [6, 6.07) is 12.9. The largest absolute Gasteiger partial charge is 0.493 e. The Bertz CT molecular complexity index is 979. The number of amides is 2. The summed E-state index contributed by atoms with van der Waals surface area (Å²) in [4.78, 5) is 39.5. The van der Waals surface area contributed by atoms with Crippen molar-refractivity contribution in [3.05, 3.63) is 48.0 Å². The van der Waals surface area contributed by atoms with Gasteiger partial charge in [0, 0.05) is 30.1 Å². The van der Waals surface area contributed by atoms with Gasteiger partial charge in [0.15, 0.2) is 18.1 Å². The van der Waals surface area contributed by atoms with Crippen molar-refractivity contribution in [2.24, 2.45) is 5.92 Å². The number of hydrogen-bond donors (Lipinski definition) is 1. The average molecular weight is 459 g/mol. The van der Waals surface area contributed by atoms with Crippen molar-refractivity contribution < 1.29 is 28.6 Å². The van der Waals surface area contributed by atoms with E-state index in [0.717, 1.165) is 16.1 Å². The molecule has 2 aromatic carbocycles. The van der Waals surface area contributed by atoms with E-state index in [9.17, 15) is 14.4 Å². The zero-order valence-corrected chi connectivity index (χ0v) is 19.1. The summed E-state index contributed by atoms with van der Waals surface area (Å²) in [5.41, 5.74) is 1.56. The molecule has 9 heteroatoms. The Morgan fingerprint density at radius 2 is 1.81 bits per heavy atom. The highest BCUT2D eigenvalue weighted by Crippen LogP contribution is 2.28. The lowest BCUT2D eigenvalue weighted by Gasteiger charge is -2.16. The molecule has 0 radical (unpaired) electrons. The van der Waals surface area contributed by atoms with Crippen molar-refractivity contribution in [1.82, 2.24) is 5.32 Å². The van der Waals surface area contributed by atoms with Crippen LogP contribution < -0.4 is 19.7 Å². The molecule has 2 amide bonds. The van der Waals surface area contributed by atoms with Crippen LogP contribution >= 0.6 is 11.8 Å². The van der Waals surface area contributed by atoms with Gasteiger partial charge in [-0.25, -0.2) is 0 Å². The van der Waals surface area contributed by atoms with E-state index in [1.54, 1.807) is 42.0 Å². The number of thioether (sulfide) groups is 1. The smallest absolute Gasteiger partial charge is 0.311 e.